The number of hydrogen-bond donors (Lipinski definition) is 3. The number of phenols is 1. The summed E-state index contributed by atoms with van der Waals surface area (Å²) in [6.45, 7) is 0.0325. The molecule has 0 aliphatic heterocycles. The Kier molecular flexibility index (Phi) is 6.59. The van der Waals surface area contributed by atoms with Gasteiger partial charge in [-0.05, 0) is 54.0 Å². The van der Waals surface area contributed by atoms with Crippen molar-refractivity contribution in [2.45, 2.75) is 64.4 Å². The minimum atomic E-state index is -0.131. The first-order valence-corrected chi connectivity index (χ1v) is 12.3. The largest absolute Gasteiger partial charge is 0.508 e. The van der Waals surface area contributed by atoms with Crippen molar-refractivity contribution in [2.75, 3.05) is 5.32 Å². The summed E-state index contributed by atoms with van der Waals surface area (Å²) in [6.07, 6.45) is 8.81. The van der Waals surface area contributed by atoms with Crippen LogP contribution < -0.4 is 5.32 Å². The minimum Gasteiger partial charge on any atom is -0.508 e. The Labute approximate surface area is 200 Å². The van der Waals surface area contributed by atoms with Gasteiger partial charge in [0.05, 0.1) is 30.1 Å². The number of aryl methyl sites for hydroxylation is 2. The highest BCUT2D eigenvalue weighted by Gasteiger charge is 2.25. The van der Waals surface area contributed by atoms with Crippen LogP contribution in [0.15, 0.2) is 42.5 Å². The number of benzene rings is 2. The summed E-state index contributed by atoms with van der Waals surface area (Å²) in [4.78, 5) is 22.9. The molecule has 1 heterocycles. The Morgan fingerprint density at radius 3 is 2.50 bits per heavy atom. The van der Waals surface area contributed by atoms with Crippen molar-refractivity contribution in [3.8, 4) is 17.0 Å². The van der Waals surface area contributed by atoms with Gasteiger partial charge in [-0.1, -0.05) is 62.4 Å². The van der Waals surface area contributed by atoms with E-state index in [-0.39, 0.29) is 24.7 Å². The van der Waals surface area contributed by atoms with E-state index in [1.807, 2.05) is 12.1 Å². The molecule has 6 nitrogen and oxygen atoms in total. The number of nitrogens with zero attached hydrogens (tertiary/aromatic N) is 2. The molecule has 6 heteroatoms. The van der Waals surface area contributed by atoms with Gasteiger partial charge in [-0.25, -0.2) is 9.97 Å². The number of nitrogens with one attached hydrogen (secondary N) is 1. The summed E-state index contributed by atoms with van der Waals surface area (Å²) in [5, 5.41) is 22.1. The van der Waals surface area contributed by atoms with Crippen LogP contribution in [0.2, 0.25) is 0 Å². The summed E-state index contributed by atoms with van der Waals surface area (Å²) < 4.78 is 0. The maximum Gasteiger partial charge on any atom is 0.229 e. The topological polar surface area (TPSA) is 95.3 Å². The Bertz CT molecular complexity index is 1180. The van der Waals surface area contributed by atoms with Gasteiger partial charge in [-0.15, -0.1) is 0 Å². The molecule has 0 unspecified atom stereocenters. The van der Waals surface area contributed by atoms with E-state index in [0.29, 0.717) is 11.7 Å². The van der Waals surface area contributed by atoms with E-state index in [9.17, 15) is 15.0 Å². The lowest BCUT2D eigenvalue weighted by atomic mass is 9.85. The third-order valence-electron chi connectivity index (χ3n) is 7.04. The van der Waals surface area contributed by atoms with Crippen LogP contribution in [0.25, 0.3) is 11.3 Å². The molecule has 5 rings (SSSR count). The molecule has 1 fully saturated rings. The maximum absolute atomic E-state index is 12.9. The van der Waals surface area contributed by atoms with Gasteiger partial charge in [0.1, 0.15) is 5.75 Å². The Balaban J connectivity index is 1.46. The third-order valence-corrected chi connectivity index (χ3v) is 7.04. The van der Waals surface area contributed by atoms with E-state index in [1.165, 1.54) is 37.7 Å². The smallest absolute Gasteiger partial charge is 0.229 e. The molecule has 176 valence electrons. The van der Waals surface area contributed by atoms with E-state index in [2.05, 4.69) is 11.4 Å². The quantitative estimate of drug-likeness (QED) is 0.497. The predicted molar refractivity (Wildman–Crippen MR) is 132 cm³/mol. The molecule has 0 saturated heterocycles. The predicted octanol–water partition coefficient (Wildman–Crippen LogP) is 4.74. The third kappa shape index (κ3) is 4.97. The number of amides is 1. The van der Waals surface area contributed by atoms with E-state index in [0.717, 1.165) is 53.0 Å². The first-order chi connectivity index (χ1) is 16.6. The van der Waals surface area contributed by atoms with Crippen LogP contribution in [0, 0.1) is 5.92 Å². The molecule has 1 aromatic heterocycles. The molecule has 3 N–H and O–H groups in total. The van der Waals surface area contributed by atoms with Gasteiger partial charge in [-0.2, -0.15) is 0 Å². The molecule has 34 heavy (non-hydrogen) atoms. The maximum atomic E-state index is 12.9. The Hall–Kier alpha value is -3.25. The number of rotatable bonds is 6. The number of aromatic hydroxyl groups is 1. The van der Waals surface area contributed by atoms with Crippen LogP contribution in [0.4, 0.5) is 5.82 Å². The molecule has 0 bridgehead atoms. The lowest BCUT2D eigenvalue weighted by Crippen LogP contribution is -2.21. The average Bonchev–Trinajstić information content (AvgIpc) is 2.86. The molecule has 2 aliphatic rings. The van der Waals surface area contributed by atoms with Gasteiger partial charge in [-0.3, -0.25) is 4.79 Å². The van der Waals surface area contributed by atoms with Crippen LogP contribution in [-0.4, -0.2) is 26.1 Å². The second-order valence-electron chi connectivity index (χ2n) is 9.56. The van der Waals surface area contributed by atoms with E-state index >= 15 is 0 Å². The normalized spacial score (nSPS) is 15.4. The molecule has 2 aromatic carbocycles. The van der Waals surface area contributed by atoms with E-state index in [1.54, 1.807) is 24.3 Å². The van der Waals surface area contributed by atoms with Crippen LogP contribution in [0.3, 0.4) is 0 Å². The van der Waals surface area contributed by atoms with Crippen molar-refractivity contribution in [3.05, 3.63) is 70.5 Å². The molecule has 3 aromatic rings. The summed E-state index contributed by atoms with van der Waals surface area (Å²) >= 11 is 0. The first kappa shape index (κ1) is 22.5. The number of carbonyl (C=O) groups excluding carboxylic acids is 1. The van der Waals surface area contributed by atoms with Gasteiger partial charge >= 0.3 is 0 Å². The van der Waals surface area contributed by atoms with Gasteiger partial charge in [0.15, 0.2) is 5.82 Å². The zero-order valence-electron chi connectivity index (χ0n) is 19.4. The highest BCUT2D eigenvalue weighted by atomic mass is 16.3. The number of anilines is 1. The van der Waals surface area contributed by atoms with Crippen LogP contribution >= 0.6 is 0 Å². The fourth-order valence-electron chi connectivity index (χ4n) is 5.21. The van der Waals surface area contributed by atoms with E-state index < -0.39 is 0 Å². The minimum absolute atomic E-state index is 0.0325. The second kappa shape index (κ2) is 9.94. The van der Waals surface area contributed by atoms with Crippen molar-refractivity contribution >= 4 is 11.7 Å². The van der Waals surface area contributed by atoms with Gasteiger partial charge < -0.3 is 15.5 Å². The summed E-state index contributed by atoms with van der Waals surface area (Å²) in [5.41, 5.74) is 6.71. The molecule has 1 saturated carbocycles. The van der Waals surface area contributed by atoms with Gasteiger partial charge in [0.25, 0.3) is 0 Å². The molecule has 2 aliphatic carbocycles. The summed E-state index contributed by atoms with van der Waals surface area (Å²) in [7, 11) is 0. The van der Waals surface area contributed by atoms with Crippen molar-refractivity contribution in [2.24, 2.45) is 5.92 Å². The second-order valence-corrected chi connectivity index (χ2v) is 9.56. The monoisotopic (exact) mass is 457 g/mol. The number of carbonyl (C=O) groups is 1. The molecular weight excluding hydrogens is 426 g/mol. The molecule has 0 spiro atoms. The van der Waals surface area contributed by atoms with Crippen LogP contribution in [0.1, 0.15) is 60.2 Å². The van der Waals surface area contributed by atoms with Gasteiger partial charge in [0.2, 0.25) is 5.91 Å². The van der Waals surface area contributed by atoms with Gasteiger partial charge in [0, 0.05) is 5.56 Å². The number of aromatic nitrogens is 2. The lowest BCUT2D eigenvalue weighted by Gasteiger charge is -2.25. The molecule has 0 atom stereocenters. The molecule has 1 amide bonds. The Morgan fingerprint density at radius 1 is 0.971 bits per heavy atom. The van der Waals surface area contributed by atoms with E-state index in [4.69, 9.17) is 9.97 Å². The highest BCUT2D eigenvalue weighted by Crippen LogP contribution is 2.35. The number of aliphatic hydroxyl groups is 1. The number of phenolic OH excluding ortho intramolecular Hbond substituents is 1. The fourth-order valence-corrected chi connectivity index (χ4v) is 5.21. The zero-order valence-corrected chi connectivity index (χ0v) is 19.4. The number of aliphatic hydroxyl groups excluding tert-OH is 1. The highest BCUT2D eigenvalue weighted by molar-refractivity contribution is 5.92. The van der Waals surface area contributed by atoms with Crippen LogP contribution in [0.5, 0.6) is 5.75 Å². The number of fused-ring (bicyclic) bond motifs is 3. The summed E-state index contributed by atoms with van der Waals surface area (Å²) in [6, 6.07) is 12.8. The lowest BCUT2D eigenvalue weighted by molar-refractivity contribution is -0.115. The fraction of sp³-hybridized carbons (Fsp3) is 0.393. The van der Waals surface area contributed by atoms with Crippen molar-refractivity contribution in [3.63, 3.8) is 0 Å². The van der Waals surface area contributed by atoms with Crippen molar-refractivity contribution in [1.29, 1.82) is 0 Å². The Morgan fingerprint density at radius 2 is 1.74 bits per heavy atom. The standard InChI is InChI=1S/C28H31N3O3/c32-17-20-8-12-23-21(14-20)9-13-24-27(23)29-25(15-18-4-2-1-3-5-18)28(30-24)31-26(34)16-19-6-10-22(33)11-7-19/h6-8,10-12,14,18,32-33H,1-5,9,13,15-17H2,(H,30,31,34). The number of hydrogen-bond acceptors (Lipinski definition) is 5. The first-order valence-electron chi connectivity index (χ1n) is 12.3. The van der Waals surface area contributed by atoms with Crippen LogP contribution in [-0.2, 0) is 37.1 Å². The average molecular weight is 458 g/mol. The molecule has 0 radical (unpaired) electrons. The van der Waals surface area contributed by atoms with Crippen molar-refractivity contribution < 1.29 is 15.0 Å². The zero-order chi connectivity index (χ0) is 23.5. The van der Waals surface area contributed by atoms with Crippen molar-refractivity contribution in [1.82, 2.24) is 9.97 Å². The SMILES string of the molecule is O=C(Cc1ccc(O)cc1)Nc1nc2c(nc1CC1CCCCC1)-c1ccc(CO)cc1CC2. The molecular formula is C28H31N3O3. The summed E-state index contributed by atoms with van der Waals surface area (Å²) in [5.74, 6) is 1.21.